The van der Waals surface area contributed by atoms with E-state index in [9.17, 15) is 12.8 Å². The second-order valence-electron chi connectivity index (χ2n) is 3.18. The molecule has 0 amide bonds. The maximum atomic E-state index is 12.6. The quantitative estimate of drug-likeness (QED) is 0.813. The number of rotatable bonds is 4. The summed E-state index contributed by atoms with van der Waals surface area (Å²) in [5.74, 6) is -0.490. The highest BCUT2D eigenvalue weighted by Crippen LogP contribution is 2.14. The van der Waals surface area contributed by atoms with Gasteiger partial charge in [-0.15, -0.1) is 0 Å². The number of benzene rings is 1. The van der Waals surface area contributed by atoms with Crippen molar-refractivity contribution in [3.8, 4) is 0 Å². The maximum Gasteiger partial charge on any atom is 0.243 e. The van der Waals surface area contributed by atoms with Crippen molar-refractivity contribution in [1.82, 2.24) is 4.31 Å². The van der Waals surface area contributed by atoms with Crippen molar-refractivity contribution < 1.29 is 12.8 Å². The van der Waals surface area contributed by atoms with Gasteiger partial charge in [0.05, 0.1) is 16.4 Å². The first kappa shape index (κ1) is 13.0. The minimum Gasteiger partial charge on any atom is -0.392 e. The molecule has 0 aliphatic carbocycles. The van der Waals surface area contributed by atoms with Crippen molar-refractivity contribution in [3.63, 3.8) is 0 Å². The Morgan fingerprint density at radius 3 is 2.38 bits per heavy atom. The van der Waals surface area contributed by atoms with Crippen molar-refractivity contribution in [3.05, 3.63) is 30.1 Å². The Kier molecular flexibility index (Phi) is 3.95. The zero-order valence-electron chi connectivity index (χ0n) is 8.55. The number of sulfonamides is 1. The number of nitrogens with zero attached hydrogens (tertiary/aromatic N) is 1. The summed E-state index contributed by atoms with van der Waals surface area (Å²) in [6, 6.07) is 4.56. The van der Waals surface area contributed by atoms with E-state index in [1.54, 1.807) is 0 Å². The molecule has 0 radical (unpaired) electrons. The summed E-state index contributed by atoms with van der Waals surface area (Å²) in [5, 5.41) is 0. The van der Waals surface area contributed by atoms with Crippen LogP contribution in [0.1, 0.15) is 0 Å². The predicted octanol–water partition coefficient (Wildman–Crippen LogP) is 0.732. The lowest BCUT2D eigenvalue weighted by atomic mass is 10.4. The van der Waals surface area contributed by atoms with Gasteiger partial charge in [-0.05, 0) is 24.3 Å². The zero-order valence-corrected chi connectivity index (χ0v) is 10.2. The molecule has 88 valence electrons. The molecule has 0 spiro atoms. The van der Waals surface area contributed by atoms with Gasteiger partial charge in [0.25, 0.3) is 0 Å². The van der Waals surface area contributed by atoms with Gasteiger partial charge in [0.15, 0.2) is 0 Å². The van der Waals surface area contributed by atoms with E-state index >= 15 is 0 Å². The monoisotopic (exact) mass is 262 g/mol. The number of thiocarbonyl (C=S) groups is 1. The van der Waals surface area contributed by atoms with Crippen LogP contribution in [-0.4, -0.2) is 31.3 Å². The molecule has 0 fully saturated rings. The number of nitrogens with two attached hydrogens (primary N) is 1. The minimum atomic E-state index is -3.65. The first-order valence-corrected chi connectivity index (χ1v) is 6.19. The predicted molar refractivity (Wildman–Crippen MR) is 63.0 cm³/mol. The van der Waals surface area contributed by atoms with Crippen molar-refractivity contribution in [1.29, 1.82) is 0 Å². The Morgan fingerprint density at radius 1 is 1.44 bits per heavy atom. The summed E-state index contributed by atoms with van der Waals surface area (Å²) in [4.78, 5) is 0.0841. The molecule has 0 aromatic heterocycles. The molecule has 0 bridgehead atoms. The summed E-state index contributed by atoms with van der Waals surface area (Å²) < 4.78 is 37.4. The highest BCUT2D eigenvalue weighted by atomic mass is 32.2. The van der Waals surface area contributed by atoms with Crippen molar-refractivity contribution >= 4 is 27.2 Å². The minimum absolute atomic E-state index is 0.00708. The van der Waals surface area contributed by atoms with E-state index in [0.29, 0.717) is 0 Å². The fraction of sp³-hybridized carbons (Fsp3) is 0.222. The Balaban J connectivity index is 3.02. The summed E-state index contributed by atoms with van der Waals surface area (Å²) in [6.07, 6.45) is 0. The van der Waals surface area contributed by atoms with E-state index in [-0.39, 0.29) is 16.4 Å². The summed E-state index contributed by atoms with van der Waals surface area (Å²) >= 11 is 4.62. The van der Waals surface area contributed by atoms with Crippen LogP contribution in [0.4, 0.5) is 4.39 Å². The smallest absolute Gasteiger partial charge is 0.243 e. The zero-order chi connectivity index (χ0) is 12.3. The standard InChI is InChI=1S/C9H11FN2O2S2/c1-12(6-9(11)15)16(13,14)8-4-2-7(10)3-5-8/h2-5H,6H2,1H3,(H2,11,15). The van der Waals surface area contributed by atoms with Crippen LogP contribution in [0.15, 0.2) is 29.2 Å². The molecule has 0 aliphatic heterocycles. The highest BCUT2D eigenvalue weighted by molar-refractivity contribution is 7.89. The SMILES string of the molecule is CN(CC(N)=S)S(=O)(=O)c1ccc(F)cc1. The Labute approximate surface area is 98.9 Å². The van der Waals surface area contributed by atoms with Crippen molar-refractivity contribution in [2.75, 3.05) is 13.6 Å². The highest BCUT2D eigenvalue weighted by Gasteiger charge is 2.20. The van der Waals surface area contributed by atoms with Gasteiger partial charge in [0, 0.05) is 7.05 Å². The molecule has 0 unspecified atom stereocenters. The number of likely N-dealkylation sites (N-methyl/N-ethyl adjacent to an activating group) is 1. The molecule has 1 rings (SSSR count). The number of hydrogen-bond donors (Lipinski definition) is 1. The van der Waals surface area contributed by atoms with Crippen LogP contribution in [0.5, 0.6) is 0 Å². The largest absolute Gasteiger partial charge is 0.392 e. The molecule has 0 saturated carbocycles. The Bertz CT molecular complexity index is 485. The molecule has 2 N–H and O–H groups in total. The van der Waals surface area contributed by atoms with Gasteiger partial charge in [0.2, 0.25) is 10.0 Å². The normalized spacial score (nSPS) is 11.7. The van der Waals surface area contributed by atoms with Crippen LogP contribution in [0.25, 0.3) is 0 Å². The number of halogens is 1. The average Bonchev–Trinajstić information content (AvgIpc) is 2.17. The molecule has 0 saturated heterocycles. The van der Waals surface area contributed by atoms with E-state index in [1.165, 1.54) is 19.2 Å². The summed E-state index contributed by atoms with van der Waals surface area (Å²) in [6.45, 7) is -0.0466. The van der Waals surface area contributed by atoms with Crippen LogP contribution < -0.4 is 5.73 Å². The van der Waals surface area contributed by atoms with E-state index in [1.807, 2.05) is 0 Å². The van der Waals surface area contributed by atoms with E-state index in [4.69, 9.17) is 5.73 Å². The molecule has 1 aromatic carbocycles. The Hall–Kier alpha value is -1.05. The first-order chi connectivity index (χ1) is 7.34. The molecule has 1 aromatic rings. The van der Waals surface area contributed by atoms with Gasteiger partial charge in [-0.25, -0.2) is 12.8 Å². The third-order valence-corrected chi connectivity index (χ3v) is 3.85. The molecular formula is C9H11FN2O2S2. The van der Waals surface area contributed by atoms with Crippen LogP contribution in [0.3, 0.4) is 0 Å². The van der Waals surface area contributed by atoms with Gasteiger partial charge in [-0.3, -0.25) is 0 Å². The van der Waals surface area contributed by atoms with E-state index in [0.717, 1.165) is 16.4 Å². The van der Waals surface area contributed by atoms with Crippen LogP contribution in [-0.2, 0) is 10.0 Å². The van der Waals surface area contributed by atoms with Crippen LogP contribution in [0.2, 0.25) is 0 Å². The summed E-state index contributed by atoms with van der Waals surface area (Å²) in [7, 11) is -2.29. The lowest BCUT2D eigenvalue weighted by molar-refractivity contribution is 0.506. The molecule has 4 nitrogen and oxygen atoms in total. The summed E-state index contributed by atoms with van der Waals surface area (Å²) in [5.41, 5.74) is 5.26. The third-order valence-electron chi connectivity index (χ3n) is 1.90. The van der Waals surface area contributed by atoms with Gasteiger partial charge >= 0.3 is 0 Å². The molecule has 0 atom stereocenters. The number of hydrogen-bond acceptors (Lipinski definition) is 3. The topological polar surface area (TPSA) is 63.4 Å². The first-order valence-electron chi connectivity index (χ1n) is 4.34. The average molecular weight is 262 g/mol. The van der Waals surface area contributed by atoms with Crippen LogP contribution in [0, 0.1) is 5.82 Å². The molecule has 16 heavy (non-hydrogen) atoms. The van der Waals surface area contributed by atoms with E-state index in [2.05, 4.69) is 12.2 Å². The third kappa shape index (κ3) is 2.97. The fourth-order valence-electron chi connectivity index (χ4n) is 1.09. The lowest BCUT2D eigenvalue weighted by Crippen LogP contribution is -2.34. The second kappa shape index (κ2) is 4.86. The van der Waals surface area contributed by atoms with Crippen molar-refractivity contribution in [2.24, 2.45) is 5.73 Å². The lowest BCUT2D eigenvalue weighted by Gasteiger charge is -2.16. The van der Waals surface area contributed by atoms with E-state index < -0.39 is 15.8 Å². The molecular weight excluding hydrogens is 251 g/mol. The van der Waals surface area contributed by atoms with Gasteiger partial charge in [0.1, 0.15) is 5.82 Å². The van der Waals surface area contributed by atoms with Gasteiger partial charge in [-0.1, -0.05) is 12.2 Å². The maximum absolute atomic E-state index is 12.6. The van der Waals surface area contributed by atoms with Gasteiger partial charge in [-0.2, -0.15) is 4.31 Å². The van der Waals surface area contributed by atoms with Crippen molar-refractivity contribution in [2.45, 2.75) is 4.90 Å². The molecule has 0 heterocycles. The molecule has 7 heteroatoms. The fourth-order valence-corrected chi connectivity index (χ4v) is 2.52. The Morgan fingerprint density at radius 2 is 1.94 bits per heavy atom. The second-order valence-corrected chi connectivity index (χ2v) is 5.75. The molecule has 0 aliphatic rings. The van der Waals surface area contributed by atoms with Gasteiger partial charge < -0.3 is 5.73 Å². The van der Waals surface area contributed by atoms with Crippen LogP contribution >= 0.6 is 12.2 Å².